The zero-order valence-corrected chi connectivity index (χ0v) is 11.1. The summed E-state index contributed by atoms with van der Waals surface area (Å²) in [6.07, 6.45) is 1.82. The number of halogens is 1. The minimum absolute atomic E-state index is 0.279. The number of ether oxygens (including phenoxy) is 1. The molecule has 100 valence electrons. The molecule has 0 aliphatic rings. The molecule has 1 aromatic heterocycles. The van der Waals surface area contributed by atoms with Crippen molar-refractivity contribution in [3.05, 3.63) is 53.6 Å². The first-order chi connectivity index (χ1) is 9.19. The van der Waals surface area contributed by atoms with E-state index in [9.17, 15) is 4.39 Å². The predicted molar refractivity (Wildman–Crippen MR) is 73.9 cm³/mol. The third-order valence-electron chi connectivity index (χ3n) is 2.68. The average molecular weight is 260 g/mol. The van der Waals surface area contributed by atoms with Gasteiger partial charge in [0, 0.05) is 18.0 Å². The molecule has 0 aliphatic carbocycles. The summed E-state index contributed by atoms with van der Waals surface area (Å²) in [6.45, 7) is 4.84. The smallest absolute Gasteiger partial charge is 0.167 e. The van der Waals surface area contributed by atoms with Crippen molar-refractivity contribution >= 4 is 5.69 Å². The summed E-state index contributed by atoms with van der Waals surface area (Å²) >= 11 is 0. The number of nitrogens with zero attached hydrogens (tertiary/aromatic N) is 1. The van der Waals surface area contributed by atoms with Crippen LogP contribution in [0.5, 0.6) is 5.75 Å². The Bertz CT molecular complexity index is 540. The van der Waals surface area contributed by atoms with Crippen molar-refractivity contribution in [2.45, 2.75) is 20.4 Å². The van der Waals surface area contributed by atoms with Crippen molar-refractivity contribution in [2.75, 3.05) is 11.9 Å². The van der Waals surface area contributed by atoms with Crippen molar-refractivity contribution < 1.29 is 9.13 Å². The van der Waals surface area contributed by atoms with Gasteiger partial charge in [0.2, 0.25) is 0 Å². The molecule has 2 aromatic rings. The van der Waals surface area contributed by atoms with Crippen LogP contribution in [-0.2, 0) is 6.54 Å². The van der Waals surface area contributed by atoms with Crippen molar-refractivity contribution in [3.8, 4) is 5.75 Å². The lowest BCUT2D eigenvalue weighted by Crippen LogP contribution is -2.02. The highest BCUT2D eigenvalue weighted by molar-refractivity contribution is 5.47. The van der Waals surface area contributed by atoms with Crippen LogP contribution in [0.15, 0.2) is 36.5 Å². The molecule has 0 radical (unpaired) electrons. The Hall–Kier alpha value is -2.10. The van der Waals surface area contributed by atoms with Gasteiger partial charge in [-0.05, 0) is 37.6 Å². The number of benzene rings is 1. The molecule has 4 heteroatoms. The first kappa shape index (κ1) is 13.3. The van der Waals surface area contributed by atoms with E-state index in [-0.39, 0.29) is 11.6 Å². The first-order valence-corrected chi connectivity index (χ1v) is 6.27. The summed E-state index contributed by atoms with van der Waals surface area (Å²) in [5.74, 6) is -0.0785. The molecule has 0 fully saturated rings. The molecule has 1 heterocycles. The fraction of sp³-hybridized carbons (Fsp3) is 0.267. The third kappa shape index (κ3) is 3.68. The molecular weight excluding hydrogens is 243 g/mol. The highest BCUT2D eigenvalue weighted by Crippen LogP contribution is 2.21. The number of hydrogen-bond acceptors (Lipinski definition) is 3. The van der Waals surface area contributed by atoms with Gasteiger partial charge >= 0.3 is 0 Å². The van der Waals surface area contributed by atoms with E-state index < -0.39 is 0 Å². The summed E-state index contributed by atoms with van der Waals surface area (Å²) in [5, 5.41) is 3.13. The molecule has 1 N–H and O–H groups in total. The zero-order chi connectivity index (χ0) is 13.7. The van der Waals surface area contributed by atoms with Crippen LogP contribution in [-0.4, -0.2) is 11.6 Å². The fourth-order valence-electron chi connectivity index (χ4n) is 1.68. The Morgan fingerprint density at radius 3 is 2.74 bits per heavy atom. The van der Waals surface area contributed by atoms with E-state index >= 15 is 0 Å². The lowest BCUT2D eigenvalue weighted by Gasteiger charge is -2.09. The Labute approximate surface area is 112 Å². The Morgan fingerprint density at radius 1 is 1.26 bits per heavy atom. The monoisotopic (exact) mass is 260 g/mol. The van der Waals surface area contributed by atoms with Gasteiger partial charge in [-0.25, -0.2) is 4.39 Å². The lowest BCUT2D eigenvalue weighted by atomic mass is 10.2. The van der Waals surface area contributed by atoms with E-state index in [2.05, 4.69) is 10.3 Å². The molecule has 19 heavy (non-hydrogen) atoms. The van der Waals surface area contributed by atoms with Crippen LogP contribution in [0.3, 0.4) is 0 Å². The largest absolute Gasteiger partial charge is 0.491 e. The fourth-order valence-corrected chi connectivity index (χ4v) is 1.68. The number of aromatic nitrogens is 1. The number of anilines is 1. The van der Waals surface area contributed by atoms with Crippen molar-refractivity contribution in [1.82, 2.24) is 4.98 Å². The topological polar surface area (TPSA) is 34.1 Å². The molecule has 2 rings (SSSR count). The van der Waals surface area contributed by atoms with Crippen molar-refractivity contribution in [3.63, 3.8) is 0 Å². The van der Waals surface area contributed by atoms with Crippen LogP contribution in [0.2, 0.25) is 0 Å². The molecule has 0 spiro atoms. The summed E-state index contributed by atoms with van der Waals surface area (Å²) in [6, 6.07) is 8.81. The van der Waals surface area contributed by atoms with E-state index in [0.29, 0.717) is 18.8 Å². The standard InChI is InChI=1S/C15H17FN2O/c1-3-19-15-7-6-12(8-14(15)16)18-10-13-5-4-11(2)9-17-13/h4-9,18H,3,10H2,1-2H3. The van der Waals surface area contributed by atoms with Crippen molar-refractivity contribution in [2.24, 2.45) is 0 Å². The van der Waals surface area contributed by atoms with E-state index in [0.717, 1.165) is 11.3 Å². The van der Waals surface area contributed by atoms with Gasteiger partial charge in [-0.3, -0.25) is 4.98 Å². The molecule has 1 aromatic carbocycles. The molecule has 0 bridgehead atoms. The summed E-state index contributed by atoms with van der Waals surface area (Å²) in [5.41, 5.74) is 2.75. The van der Waals surface area contributed by atoms with Crippen LogP contribution in [0.1, 0.15) is 18.2 Å². The van der Waals surface area contributed by atoms with E-state index in [1.165, 1.54) is 6.07 Å². The van der Waals surface area contributed by atoms with Gasteiger partial charge < -0.3 is 10.1 Å². The molecule has 0 saturated carbocycles. The quantitative estimate of drug-likeness (QED) is 0.892. The summed E-state index contributed by atoms with van der Waals surface area (Å²) in [7, 11) is 0. The van der Waals surface area contributed by atoms with E-state index in [1.54, 1.807) is 12.1 Å². The van der Waals surface area contributed by atoms with Crippen LogP contribution >= 0.6 is 0 Å². The second-order valence-corrected chi connectivity index (χ2v) is 4.26. The number of aryl methyl sites for hydroxylation is 1. The molecular formula is C15H17FN2O. The first-order valence-electron chi connectivity index (χ1n) is 6.27. The summed E-state index contributed by atoms with van der Waals surface area (Å²) in [4.78, 5) is 4.28. The van der Waals surface area contributed by atoms with Gasteiger partial charge in [-0.1, -0.05) is 6.07 Å². The zero-order valence-electron chi connectivity index (χ0n) is 11.1. The van der Waals surface area contributed by atoms with Crippen LogP contribution in [0.25, 0.3) is 0 Å². The Kier molecular flexibility index (Phi) is 4.34. The Balaban J connectivity index is 1.99. The van der Waals surface area contributed by atoms with Gasteiger partial charge in [0.15, 0.2) is 11.6 Å². The van der Waals surface area contributed by atoms with Crippen LogP contribution in [0, 0.1) is 12.7 Å². The number of rotatable bonds is 5. The Morgan fingerprint density at radius 2 is 2.11 bits per heavy atom. The van der Waals surface area contributed by atoms with Crippen LogP contribution in [0.4, 0.5) is 10.1 Å². The van der Waals surface area contributed by atoms with E-state index in [4.69, 9.17) is 4.74 Å². The average Bonchev–Trinajstić information content (AvgIpc) is 2.41. The maximum absolute atomic E-state index is 13.6. The van der Waals surface area contributed by atoms with Gasteiger partial charge in [0.25, 0.3) is 0 Å². The molecule has 0 aliphatic heterocycles. The summed E-state index contributed by atoms with van der Waals surface area (Å²) < 4.78 is 18.8. The SMILES string of the molecule is CCOc1ccc(NCc2ccc(C)cn2)cc1F. The number of hydrogen-bond donors (Lipinski definition) is 1. The third-order valence-corrected chi connectivity index (χ3v) is 2.68. The lowest BCUT2D eigenvalue weighted by molar-refractivity contribution is 0.321. The molecule has 0 atom stereocenters. The van der Waals surface area contributed by atoms with Gasteiger partial charge in [-0.15, -0.1) is 0 Å². The number of nitrogens with one attached hydrogen (secondary N) is 1. The second-order valence-electron chi connectivity index (χ2n) is 4.26. The second kappa shape index (κ2) is 6.18. The highest BCUT2D eigenvalue weighted by atomic mass is 19.1. The van der Waals surface area contributed by atoms with Gasteiger partial charge in [0.05, 0.1) is 18.8 Å². The molecule has 0 amide bonds. The number of pyridine rings is 1. The maximum atomic E-state index is 13.6. The molecule has 0 unspecified atom stereocenters. The predicted octanol–water partition coefficient (Wildman–Crippen LogP) is 3.54. The minimum atomic E-state index is -0.358. The molecule has 3 nitrogen and oxygen atoms in total. The molecule has 0 saturated heterocycles. The maximum Gasteiger partial charge on any atom is 0.167 e. The highest BCUT2D eigenvalue weighted by Gasteiger charge is 2.04. The minimum Gasteiger partial charge on any atom is -0.491 e. The van der Waals surface area contributed by atoms with Gasteiger partial charge in [0.1, 0.15) is 0 Å². The van der Waals surface area contributed by atoms with Gasteiger partial charge in [-0.2, -0.15) is 0 Å². The van der Waals surface area contributed by atoms with Crippen LogP contribution < -0.4 is 10.1 Å². The van der Waals surface area contributed by atoms with E-state index in [1.807, 2.05) is 32.2 Å². The van der Waals surface area contributed by atoms with Crippen molar-refractivity contribution in [1.29, 1.82) is 0 Å². The normalized spacial score (nSPS) is 10.3.